The van der Waals surface area contributed by atoms with E-state index in [9.17, 15) is 30.8 Å². The van der Waals surface area contributed by atoms with Crippen LogP contribution in [0, 0.1) is 0 Å². The first-order valence-electron chi connectivity index (χ1n) is 11.4. The number of sulfonamides is 1. The minimum atomic E-state index is -5.07. The highest BCUT2D eigenvalue weighted by Gasteiger charge is 2.41. The van der Waals surface area contributed by atoms with Gasteiger partial charge in [0.1, 0.15) is 0 Å². The number of likely N-dealkylation sites (N-methyl/N-ethyl adjacent to an activating group) is 1. The first-order chi connectivity index (χ1) is 17.8. The number of para-hydroxylation sites is 1. The number of nitrogens with zero attached hydrogens (tertiary/aromatic N) is 2. The SMILES string of the molecule is CN(CCc1ccc(S(N)(=O)=O)cc1)C(=O)c1cc2ccccc2nc1-c1cccc(C(F)C(F)(F)F)c1. The summed E-state index contributed by atoms with van der Waals surface area (Å²) in [5.74, 6) is -0.433. The van der Waals surface area contributed by atoms with Gasteiger partial charge in [-0.05, 0) is 47.9 Å². The fourth-order valence-corrected chi connectivity index (χ4v) is 4.50. The predicted octanol–water partition coefficient (Wildman–Crippen LogP) is 5.44. The highest BCUT2D eigenvalue weighted by atomic mass is 32.2. The minimum absolute atomic E-state index is 0.0270. The summed E-state index contributed by atoms with van der Waals surface area (Å²) in [5, 5.41) is 5.77. The highest BCUT2D eigenvalue weighted by Crippen LogP contribution is 2.37. The molecule has 6 nitrogen and oxygen atoms in total. The Balaban J connectivity index is 1.66. The number of nitrogens with two attached hydrogens (primary N) is 1. The molecule has 0 aliphatic heterocycles. The molecule has 0 saturated carbocycles. The molecule has 3 aromatic carbocycles. The standard InChI is InChI=1S/C27H23F4N3O3S/c1-34(14-13-17-9-11-21(12-10-17)38(32,36)37)26(35)22-16-18-5-2-3-8-23(18)33-24(22)19-6-4-7-20(15-19)25(28)27(29,30)31/h2-12,15-16,25H,13-14H2,1H3,(H2,32,36,37). The Bertz CT molecular complexity index is 1590. The molecule has 0 fully saturated rings. The summed E-state index contributed by atoms with van der Waals surface area (Å²) in [6, 6.07) is 19.4. The van der Waals surface area contributed by atoms with Gasteiger partial charge < -0.3 is 4.90 Å². The van der Waals surface area contributed by atoms with E-state index in [1.807, 2.05) is 0 Å². The van der Waals surface area contributed by atoms with Crippen LogP contribution in [0.25, 0.3) is 22.2 Å². The van der Waals surface area contributed by atoms with E-state index in [1.165, 1.54) is 29.2 Å². The van der Waals surface area contributed by atoms with E-state index >= 15 is 0 Å². The maximum Gasteiger partial charge on any atom is 0.423 e. The van der Waals surface area contributed by atoms with Crippen molar-refractivity contribution in [3.8, 4) is 11.3 Å². The second-order valence-corrected chi connectivity index (χ2v) is 10.3. The number of amides is 1. The molecule has 2 N–H and O–H groups in total. The van der Waals surface area contributed by atoms with E-state index < -0.39 is 33.8 Å². The predicted molar refractivity (Wildman–Crippen MR) is 136 cm³/mol. The average molecular weight is 546 g/mol. The second kappa shape index (κ2) is 10.5. The molecule has 11 heteroatoms. The quantitative estimate of drug-likeness (QED) is 0.313. The number of alkyl halides is 4. The van der Waals surface area contributed by atoms with Gasteiger partial charge in [-0.2, -0.15) is 13.2 Å². The number of pyridine rings is 1. The number of benzene rings is 3. The molecule has 0 saturated heterocycles. The van der Waals surface area contributed by atoms with Crippen molar-refractivity contribution in [2.45, 2.75) is 23.7 Å². The Morgan fingerprint density at radius 2 is 1.68 bits per heavy atom. The Morgan fingerprint density at radius 3 is 2.34 bits per heavy atom. The zero-order chi connectivity index (χ0) is 27.7. The number of primary sulfonamides is 1. The molecular weight excluding hydrogens is 522 g/mol. The van der Waals surface area contributed by atoms with Crippen LogP contribution in [-0.2, 0) is 16.4 Å². The van der Waals surface area contributed by atoms with Gasteiger partial charge in [-0.3, -0.25) is 4.79 Å². The number of carbonyl (C=O) groups is 1. The third kappa shape index (κ3) is 6.00. The summed E-state index contributed by atoms with van der Waals surface area (Å²) >= 11 is 0. The molecule has 4 aromatic rings. The van der Waals surface area contributed by atoms with Crippen LogP contribution in [0.15, 0.2) is 83.8 Å². The van der Waals surface area contributed by atoms with E-state index in [4.69, 9.17) is 5.14 Å². The lowest BCUT2D eigenvalue weighted by Crippen LogP contribution is -2.29. The third-order valence-electron chi connectivity index (χ3n) is 6.03. The van der Waals surface area contributed by atoms with Crippen molar-refractivity contribution in [2.24, 2.45) is 5.14 Å². The van der Waals surface area contributed by atoms with Crippen LogP contribution in [0.3, 0.4) is 0 Å². The van der Waals surface area contributed by atoms with Gasteiger partial charge in [0.05, 0.1) is 21.7 Å². The van der Waals surface area contributed by atoms with Crippen LogP contribution in [0.4, 0.5) is 17.6 Å². The number of carbonyl (C=O) groups excluding carboxylic acids is 1. The van der Waals surface area contributed by atoms with Crippen molar-refractivity contribution in [3.63, 3.8) is 0 Å². The first kappa shape index (κ1) is 27.2. The van der Waals surface area contributed by atoms with Gasteiger partial charge in [0.25, 0.3) is 5.91 Å². The Labute approximate surface area is 216 Å². The van der Waals surface area contributed by atoms with E-state index in [1.54, 1.807) is 49.5 Å². The molecular formula is C27H23F4N3O3S. The molecule has 4 rings (SSSR count). The number of aromatic nitrogens is 1. The Kier molecular flexibility index (Phi) is 7.52. The van der Waals surface area contributed by atoms with Crippen molar-refractivity contribution < 1.29 is 30.8 Å². The summed E-state index contributed by atoms with van der Waals surface area (Å²) in [6.45, 7) is 0.250. The molecule has 1 unspecified atom stereocenters. The first-order valence-corrected chi connectivity index (χ1v) is 13.0. The summed E-state index contributed by atoms with van der Waals surface area (Å²) < 4.78 is 76.0. The number of hydrogen-bond acceptors (Lipinski definition) is 4. The fraction of sp³-hybridized carbons (Fsp3) is 0.185. The van der Waals surface area contributed by atoms with E-state index in [0.717, 1.165) is 17.7 Å². The number of rotatable bonds is 7. The van der Waals surface area contributed by atoms with Gasteiger partial charge in [-0.15, -0.1) is 0 Å². The van der Waals surface area contributed by atoms with Crippen molar-refractivity contribution in [2.75, 3.05) is 13.6 Å². The average Bonchev–Trinajstić information content (AvgIpc) is 2.89. The summed E-state index contributed by atoms with van der Waals surface area (Å²) in [5.41, 5.74) is 1.16. The van der Waals surface area contributed by atoms with Gasteiger partial charge in [0.15, 0.2) is 0 Å². The molecule has 1 aromatic heterocycles. The van der Waals surface area contributed by atoms with Crippen molar-refractivity contribution >= 4 is 26.8 Å². The molecule has 1 amide bonds. The monoisotopic (exact) mass is 545 g/mol. The van der Waals surface area contributed by atoms with Crippen LogP contribution in [0.5, 0.6) is 0 Å². The lowest BCUT2D eigenvalue weighted by Gasteiger charge is -2.20. The van der Waals surface area contributed by atoms with Crippen molar-refractivity contribution in [1.29, 1.82) is 0 Å². The lowest BCUT2D eigenvalue weighted by atomic mass is 9.99. The summed E-state index contributed by atoms with van der Waals surface area (Å²) in [4.78, 5) is 19.4. The fourth-order valence-electron chi connectivity index (χ4n) is 3.98. The largest absolute Gasteiger partial charge is 0.423 e. The summed E-state index contributed by atoms with van der Waals surface area (Å²) in [7, 11) is -2.26. The molecule has 1 atom stereocenters. The Hall–Kier alpha value is -3.83. The number of hydrogen-bond donors (Lipinski definition) is 1. The number of fused-ring (bicyclic) bond motifs is 1. The number of halogens is 4. The molecule has 0 bridgehead atoms. The van der Waals surface area contributed by atoms with Crippen molar-refractivity contribution in [1.82, 2.24) is 9.88 Å². The zero-order valence-electron chi connectivity index (χ0n) is 20.1. The molecule has 1 heterocycles. The van der Waals surface area contributed by atoms with E-state index in [0.29, 0.717) is 17.3 Å². The van der Waals surface area contributed by atoms with Crippen LogP contribution >= 0.6 is 0 Å². The second-order valence-electron chi connectivity index (χ2n) is 8.77. The molecule has 198 valence electrons. The normalized spacial score (nSPS) is 12.9. The van der Waals surface area contributed by atoms with Gasteiger partial charge in [-0.1, -0.05) is 48.5 Å². The summed E-state index contributed by atoms with van der Waals surface area (Å²) in [6.07, 6.45) is -7.85. The smallest absolute Gasteiger partial charge is 0.341 e. The van der Waals surface area contributed by atoms with Crippen LogP contribution in [-0.4, -0.2) is 44.0 Å². The lowest BCUT2D eigenvalue weighted by molar-refractivity contribution is -0.182. The highest BCUT2D eigenvalue weighted by molar-refractivity contribution is 7.89. The molecule has 38 heavy (non-hydrogen) atoms. The van der Waals surface area contributed by atoms with E-state index in [-0.39, 0.29) is 28.3 Å². The molecule has 0 spiro atoms. The minimum Gasteiger partial charge on any atom is -0.341 e. The van der Waals surface area contributed by atoms with Crippen LogP contribution < -0.4 is 5.14 Å². The zero-order valence-corrected chi connectivity index (χ0v) is 20.9. The van der Waals surface area contributed by atoms with Gasteiger partial charge in [0.2, 0.25) is 16.2 Å². The van der Waals surface area contributed by atoms with Crippen LogP contribution in [0.2, 0.25) is 0 Å². The van der Waals surface area contributed by atoms with Gasteiger partial charge >= 0.3 is 6.18 Å². The third-order valence-corrected chi connectivity index (χ3v) is 6.96. The van der Waals surface area contributed by atoms with E-state index in [2.05, 4.69) is 4.98 Å². The van der Waals surface area contributed by atoms with Crippen LogP contribution in [0.1, 0.15) is 27.7 Å². The molecule has 0 aliphatic carbocycles. The molecule has 0 aliphatic rings. The van der Waals surface area contributed by atoms with Crippen molar-refractivity contribution in [3.05, 3.63) is 95.6 Å². The topological polar surface area (TPSA) is 93.4 Å². The maximum absolute atomic E-state index is 14.1. The van der Waals surface area contributed by atoms with Gasteiger partial charge in [-0.25, -0.2) is 22.9 Å². The Morgan fingerprint density at radius 1 is 1.00 bits per heavy atom. The molecule has 0 radical (unpaired) electrons. The van der Waals surface area contributed by atoms with Gasteiger partial charge in [0, 0.05) is 24.5 Å². The maximum atomic E-state index is 14.1.